The number of benzene rings is 1. The highest BCUT2D eigenvalue weighted by Crippen LogP contribution is 2.44. The van der Waals surface area contributed by atoms with Gasteiger partial charge in [-0.05, 0) is 63.0 Å². The standard InChI is InChI=1S/C29H39N3O4/c1-2-36-28(33)16-26-29(34)32(27-10-6-5-9-25(27)30-26)22-14-23-17-35-18-24(15-22)31(23)21-12-19-7-3-4-8-20(11-19)13-21/h5-6,9-10,19-24H,2-4,7-8,11-18H2,1H3/t19-,20?,21?,23+,24+/m1/s1. The zero-order valence-electron chi connectivity index (χ0n) is 21.4. The van der Waals surface area contributed by atoms with Gasteiger partial charge in [0.1, 0.15) is 5.69 Å². The molecule has 2 unspecified atom stereocenters. The number of para-hydroxylation sites is 2. The second kappa shape index (κ2) is 10.3. The normalized spacial score (nSPS) is 32.7. The van der Waals surface area contributed by atoms with Gasteiger partial charge in [0.25, 0.3) is 5.56 Å². The molecule has 2 aliphatic heterocycles. The van der Waals surface area contributed by atoms with Crippen LogP contribution in [0.15, 0.2) is 29.1 Å². The first kappa shape index (κ1) is 24.1. The van der Waals surface area contributed by atoms with E-state index in [1.54, 1.807) is 6.92 Å². The third kappa shape index (κ3) is 4.60. The molecule has 194 valence electrons. The fourth-order valence-electron chi connectivity index (χ4n) is 7.86. The van der Waals surface area contributed by atoms with Gasteiger partial charge in [-0.15, -0.1) is 0 Å². The molecule has 2 saturated heterocycles. The molecule has 2 aliphatic carbocycles. The molecule has 0 N–H and O–H groups in total. The Morgan fingerprint density at radius 2 is 1.67 bits per heavy atom. The Hall–Kier alpha value is -2.25. The molecule has 2 aromatic rings. The van der Waals surface area contributed by atoms with Crippen molar-refractivity contribution in [2.45, 2.75) is 95.3 Å². The lowest BCUT2D eigenvalue weighted by atomic mass is 9.75. The number of nitrogens with zero attached hydrogens (tertiary/aromatic N) is 3. The molecule has 7 nitrogen and oxygen atoms in total. The Bertz CT molecular complexity index is 1130. The Kier molecular flexibility index (Phi) is 6.86. The molecular formula is C29H39N3O4. The summed E-state index contributed by atoms with van der Waals surface area (Å²) in [4.78, 5) is 33.4. The van der Waals surface area contributed by atoms with Crippen LogP contribution in [0.1, 0.15) is 76.4 Å². The van der Waals surface area contributed by atoms with Crippen LogP contribution in [-0.2, 0) is 20.7 Å². The average Bonchev–Trinajstić information content (AvgIpc) is 3.03. The van der Waals surface area contributed by atoms with Crippen molar-refractivity contribution in [3.05, 3.63) is 40.3 Å². The number of hydrogen-bond donors (Lipinski definition) is 0. The van der Waals surface area contributed by atoms with E-state index in [0.29, 0.717) is 24.7 Å². The minimum atomic E-state index is -0.400. The zero-order valence-corrected chi connectivity index (χ0v) is 21.4. The van der Waals surface area contributed by atoms with Crippen LogP contribution in [0.2, 0.25) is 0 Å². The number of fused-ring (bicyclic) bond motifs is 5. The quantitative estimate of drug-likeness (QED) is 0.580. The summed E-state index contributed by atoms with van der Waals surface area (Å²) in [6.45, 7) is 3.56. The van der Waals surface area contributed by atoms with Crippen molar-refractivity contribution < 1.29 is 14.3 Å². The second-order valence-corrected chi connectivity index (χ2v) is 11.5. The molecule has 4 fully saturated rings. The van der Waals surface area contributed by atoms with E-state index >= 15 is 0 Å². The summed E-state index contributed by atoms with van der Waals surface area (Å²) in [6.07, 6.45) is 11.4. The summed E-state index contributed by atoms with van der Waals surface area (Å²) in [5.74, 6) is 1.36. The molecular weight excluding hydrogens is 454 g/mol. The molecule has 1 aromatic heterocycles. The first-order valence-corrected chi connectivity index (χ1v) is 14.1. The molecule has 2 saturated carbocycles. The number of piperidine rings is 1. The Morgan fingerprint density at radius 3 is 2.36 bits per heavy atom. The number of carbonyl (C=O) groups excluding carboxylic acids is 1. The highest BCUT2D eigenvalue weighted by Gasteiger charge is 2.45. The van der Waals surface area contributed by atoms with E-state index in [2.05, 4.69) is 9.88 Å². The molecule has 0 radical (unpaired) electrons. The van der Waals surface area contributed by atoms with Gasteiger partial charge in [-0.1, -0.05) is 37.8 Å². The third-order valence-corrected chi connectivity index (χ3v) is 9.17. The van der Waals surface area contributed by atoms with Gasteiger partial charge in [-0.2, -0.15) is 0 Å². The summed E-state index contributed by atoms with van der Waals surface area (Å²) >= 11 is 0. The number of morpholine rings is 1. The molecule has 4 aliphatic rings. The van der Waals surface area contributed by atoms with Gasteiger partial charge in [0.15, 0.2) is 0 Å². The number of hydrogen-bond acceptors (Lipinski definition) is 6. The lowest BCUT2D eigenvalue weighted by Crippen LogP contribution is -2.62. The molecule has 6 rings (SSSR count). The van der Waals surface area contributed by atoms with Crippen LogP contribution in [0.3, 0.4) is 0 Å². The van der Waals surface area contributed by atoms with Gasteiger partial charge in [0, 0.05) is 24.2 Å². The van der Waals surface area contributed by atoms with Gasteiger partial charge in [0.2, 0.25) is 0 Å². The lowest BCUT2D eigenvalue weighted by Gasteiger charge is -2.54. The second-order valence-electron chi connectivity index (χ2n) is 11.5. The Balaban J connectivity index is 1.31. The Labute approximate surface area is 213 Å². The van der Waals surface area contributed by atoms with Gasteiger partial charge < -0.3 is 14.0 Å². The molecule has 4 bridgehead atoms. The average molecular weight is 494 g/mol. The van der Waals surface area contributed by atoms with Crippen molar-refractivity contribution in [1.82, 2.24) is 14.5 Å². The molecule has 7 heteroatoms. The van der Waals surface area contributed by atoms with E-state index in [0.717, 1.165) is 48.9 Å². The van der Waals surface area contributed by atoms with E-state index in [4.69, 9.17) is 9.47 Å². The maximum Gasteiger partial charge on any atom is 0.312 e. The fraction of sp³-hybridized carbons (Fsp3) is 0.690. The summed E-state index contributed by atoms with van der Waals surface area (Å²) in [6, 6.07) is 9.22. The Morgan fingerprint density at radius 1 is 0.972 bits per heavy atom. The summed E-state index contributed by atoms with van der Waals surface area (Å²) in [5.41, 5.74) is 1.75. The van der Waals surface area contributed by atoms with Crippen molar-refractivity contribution in [2.75, 3.05) is 19.8 Å². The predicted octanol–water partition coefficient (Wildman–Crippen LogP) is 4.27. The maximum atomic E-state index is 13.7. The largest absolute Gasteiger partial charge is 0.466 e. The van der Waals surface area contributed by atoms with Gasteiger partial charge in [-0.25, -0.2) is 4.98 Å². The van der Waals surface area contributed by atoms with E-state index < -0.39 is 5.97 Å². The zero-order chi connectivity index (χ0) is 24.6. The van der Waals surface area contributed by atoms with Crippen molar-refractivity contribution in [3.63, 3.8) is 0 Å². The molecule has 36 heavy (non-hydrogen) atoms. The van der Waals surface area contributed by atoms with Crippen molar-refractivity contribution in [2.24, 2.45) is 11.8 Å². The molecule has 1 aromatic carbocycles. The van der Waals surface area contributed by atoms with E-state index in [1.807, 2.05) is 28.8 Å². The van der Waals surface area contributed by atoms with Crippen LogP contribution in [0.25, 0.3) is 11.0 Å². The van der Waals surface area contributed by atoms with Crippen LogP contribution < -0.4 is 5.56 Å². The van der Waals surface area contributed by atoms with E-state index in [9.17, 15) is 9.59 Å². The summed E-state index contributed by atoms with van der Waals surface area (Å²) in [7, 11) is 0. The number of ether oxygens (including phenoxy) is 2. The first-order valence-electron chi connectivity index (χ1n) is 14.1. The smallest absolute Gasteiger partial charge is 0.312 e. The highest BCUT2D eigenvalue weighted by molar-refractivity contribution is 5.77. The van der Waals surface area contributed by atoms with Gasteiger partial charge >= 0.3 is 5.97 Å². The van der Waals surface area contributed by atoms with Gasteiger partial charge in [0.05, 0.1) is 37.3 Å². The molecule has 5 atom stereocenters. The number of carbonyl (C=O) groups is 1. The first-order chi connectivity index (χ1) is 17.6. The maximum absolute atomic E-state index is 13.7. The molecule has 0 spiro atoms. The van der Waals surface area contributed by atoms with Crippen molar-refractivity contribution in [3.8, 4) is 0 Å². The van der Waals surface area contributed by atoms with Crippen molar-refractivity contribution >= 4 is 17.0 Å². The highest BCUT2D eigenvalue weighted by atomic mass is 16.5. The van der Waals surface area contributed by atoms with E-state index in [1.165, 1.54) is 44.9 Å². The van der Waals surface area contributed by atoms with Crippen LogP contribution in [0.5, 0.6) is 0 Å². The minimum absolute atomic E-state index is 0.0763. The SMILES string of the molecule is CCOC(=O)Cc1nc2ccccc2n(C2C[C@H]3COC[C@H](C2)N3C2CC3CCCC[C@H](C3)C2)c1=O. The predicted molar refractivity (Wildman–Crippen MR) is 138 cm³/mol. The van der Waals surface area contributed by atoms with Crippen LogP contribution in [0.4, 0.5) is 0 Å². The minimum Gasteiger partial charge on any atom is -0.466 e. The third-order valence-electron chi connectivity index (χ3n) is 9.17. The fourth-order valence-corrected chi connectivity index (χ4v) is 7.86. The van der Waals surface area contributed by atoms with Crippen molar-refractivity contribution in [1.29, 1.82) is 0 Å². The van der Waals surface area contributed by atoms with Crippen LogP contribution in [-0.4, -0.2) is 58.4 Å². The molecule has 3 heterocycles. The van der Waals surface area contributed by atoms with E-state index in [-0.39, 0.29) is 23.7 Å². The topological polar surface area (TPSA) is 73.7 Å². The number of aromatic nitrogens is 2. The monoisotopic (exact) mass is 493 g/mol. The number of rotatable bonds is 5. The number of esters is 1. The van der Waals surface area contributed by atoms with Crippen LogP contribution in [0, 0.1) is 11.8 Å². The van der Waals surface area contributed by atoms with Gasteiger partial charge in [-0.3, -0.25) is 14.5 Å². The van der Waals surface area contributed by atoms with Crippen LogP contribution >= 0.6 is 0 Å². The summed E-state index contributed by atoms with van der Waals surface area (Å²) in [5, 5.41) is 0. The lowest BCUT2D eigenvalue weighted by molar-refractivity contribution is -0.142. The summed E-state index contributed by atoms with van der Waals surface area (Å²) < 4.78 is 13.2. The molecule has 0 amide bonds.